The summed E-state index contributed by atoms with van der Waals surface area (Å²) in [4.78, 5) is 14.8. The van der Waals surface area contributed by atoms with E-state index in [4.69, 9.17) is 10.5 Å². The molecular formula is C20H23FN6O. The van der Waals surface area contributed by atoms with Crippen molar-refractivity contribution in [1.82, 2.24) is 19.9 Å². The molecular weight excluding hydrogens is 359 g/mol. The summed E-state index contributed by atoms with van der Waals surface area (Å²) in [6, 6.07) is 13.9. The van der Waals surface area contributed by atoms with Gasteiger partial charge in [0.2, 0.25) is 11.9 Å². The molecule has 0 unspecified atom stereocenters. The highest BCUT2D eigenvalue weighted by atomic mass is 19.1. The first-order valence-corrected chi connectivity index (χ1v) is 8.95. The van der Waals surface area contributed by atoms with Crippen LogP contribution in [0.15, 0.2) is 48.5 Å². The third-order valence-electron chi connectivity index (χ3n) is 3.90. The number of nitrogens with zero attached hydrogens (tertiary/aromatic N) is 4. The molecule has 0 amide bonds. The van der Waals surface area contributed by atoms with E-state index in [9.17, 15) is 4.39 Å². The summed E-state index contributed by atoms with van der Waals surface area (Å²) in [6.07, 6.45) is 0. The molecule has 28 heavy (non-hydrogen) atoms. The third kappa shape index (κ3) is 5.62. The Morgan fingerprint density at radius 3 is 2.39 bits per heavy atom. The van der Waals surface area contributed by atoms with E-state index >= 15 is 0 Å². The highest BCUT2D eigenvalue weighted by molar-refractivity contribution is 5.53. The van der Waals surface area contributed by atoms with E-state index in [0.717, 1.165) is 17.9 Å². The van der Waals surface area contributed by atoms with Gasteiger partial charge in [0, 0.05) is 12.2 Å². The highest BCUT2D eigenvalue weighted by Gasteiger charge is 2.09. The van der Waals surface area contributed by atoms with Crippen LogP contribution in [-0.4, -0.2) is 33.5 Å². The molecule has 0 fully saturated rings. The van der Waals surface area contributed by atoms with Crippen molar-refractivity contribution in [3.8, 4) is 5.75 Å². The van der Waals surface area contributed by atoms with Crippen molar-refractivity contribution in [3.63, 3.8) is 0 Å². The molecule has 3 rings (SSSR count). The van der Waals surface area contributed by atoms with Crippen molar-refractivity contribution < 1.29 is 9.13 Å². The molecule has 0 aliphatic carbocycles. The molecule has 0 aliphatic heterocycles. The number of rotatable bonds is 8. The molecule has 7 nitrogen and oxygen atoms in total. The molecule has 3 N–H and O–H groups in total. The standard InChI is InChI=1S/C20H23FN6O/c1-3-28-17-10-4-14(5-11-17)12-27(2)13-18-24-19(22)26-20(25-18)23-16-8-6-15(21)7-9-16/h4-11H,3,12-13H2,1-2H3,(H3,22,23,24,25,26). The minimum absolute atomic E-state index is 0.129. The van der Waals surface area contributed by atoms with E-state index in [2.05, 4.69) is 25.2 Å². The Labute approximate surface area is 163 Å². The summed E-state index contributed by atoms with van der Waals surface area (Å²) in [5.41, 5.74) is 7.63. The van der Waals surface area contributed by atoms with Crippen molar-refractivity contribution >= 4 is 17.6 Å². The quantitative estimate of drug-likeness (QED) is 0.617. The number of nitrogen functional groups attached to an aromatic ring is 1. The van der Waals surface area contributed by atoms with E-state index in [1.165, 1.54) is 12.1 Å². The average Bonchev–Trinajstić information content (AvgIpc) is 2.65. The summed E-state index contributed by atoms with van der Waals surface area (Å²) < 4.78 is 18.5. The van der Waals surface area contributed by atoms with Gasteiger partial charge in [-0.05, 0) is 55.9 Å². The lowest BCUT2D eigenvalue weighted by atomic mass is 10.2. The topological polar surface area (TPSA) is 89.2 Å². The van der Waals surface area contributed by atoms with Gasteiger partial charge in [-0.2, -0.15) is 15.0 Å². The lowest BCUT2D eigenvalue weighted by molar-refractivity contribution is 0.310. The molecule has 2 aromatic carbocycles. The SMILES string of the molecule is CCOc1ccc(CN(C)Cc2nc(N)nc(Nc3ccc(F)cc3)n2)cc1. The molecule has 1 heterocycles. The summed E-state index contributed by atoms with van der Waals surface area (Å²) >= 11 is 0. The van der Waals surface area contributed by atoms with Crippen molar-refractivity contribution in [3.05, 3.63) is 65.7 Å². The maximum atomic E-state index is 13.0. The lowest BCUT2D eigenvalue weighted by Crippen LogP contribution is -2.20. The van der Waals surface area contributed by atoms with Gasteiger partial charge in [-0.3, -0.25) is 4.90 Å². The number of benzene rings is 2. The fourth-order valence-corrected chi connectivity index (χ4v) is 2.69. The van der Waals surface area contributed by atoms with Crippen molar-refractivity contribution in [1.29, 1.82) is 0 Å². The van der Waals surface area contributed by atoms with Crippen LogP contribution in [0, 0.1) is 5.82 Å². The van der Waals surface area contributed by atoms with Crippen LogP contribution >= 0.6 is 0 Å². The van der Waals surface area contributed by atoms with Crippen molar-refractivity contribution in [2.24, 2.45) is 0 Å². The summed E-state index contributed by atoms with van der Waals surface area (Å²) in [7, 11) is 1.98. The third-order valence-corrected chi connectivity index (χ3v) is 3.90. The Bertz CT molecular complexity index is 902. The van der Waals surface area contributed by atoms with E-state index in [1.807, 2.05) is 38.2 Å². The second kappa shape index (κ2) is 9.09. The number of ether oxygens (including phenoxy) is 1. The van der Waals surface area contributed by atoms with Crippen LogP contribution in [0.4, 0.5) is 22.0 Å². The lowest BCUT2D eigenvalue weighted by Gasteiger charge is -2.16. The first kappa shape index (κ1) is 19.5. The number of aromatic nitrogens is 3. The zero-order valence-corrected chi connectivity index (χ0v) is 15.9. The van der Waals surface area contributed by atoms with E-state index in [0.29, 0.717) is 30.6 Å². The van der Waals surface area contributed by atoms with Crippen molar-refractivity contribution in [2.45, 2.75) is 20.0 Å². The maximum Gasteiger partial charge on any atom is 0.232 e. The van der Waals surface area contributed by atoms with E-state index in [1.54, 1.807) is 12.1 Å². The maximum absolute atomic E-state index is 13.0. The van der Waals surface area contributed by atoms with Gasteiger partial charge in [-0.1, -0.05) is 12.1 Å². The molecule has 0 spiro atoms. The zero-order chi connectivity index (χ0) is 19.9. The van der Waals surface area contributed by atoms with Gasteiger partial charge in [0.05, 0.1) is 13.2 Å². The van der Waals surface area contributed by atoms with Gasteiger partial charge in [0.15, 0.2) is 0 Å². The fraction of sp³-hybridized carbons (Fsp3) is 0.250. The molecule has 0 radical (unpaired) electrons. The number of nitrogens with one attached hydrogen (secondary N) is 1. The van der Waals surface area contributed by atoms with E-state index < -0.39 is 0 Å². The number of hydrogen-bond donors (Lipinski definition) is 2. The monoisotopic (exact) mass is 382 g/mol. The highest BCUT2D eigenvalue weighted by Crippen LogP contribution is 2.16. The van der Waals surface area contributed by atoms with Crippen LogP contribution in [0.2, 0.25) is 0 Å². The molecule has 1 aromatic heterocycles. The number of nitrogens with two attached hydrogens (primary N) is 1. The summed E-state index contributed by atoms with van der Waals surface area (Å²) in [5, 5.41) is 3.01. The van der Waals surface area contributed by atoms with Crippen LogP contribution < -0.4 is 15.8 Å². The summed E-state index contributed by atoms with van der Waals surface area (Å²) in [6.45, 7) is 3.83. The van der Waals surface area contributed by atoms with Crippen LogP contribution in [0.5, 0.6) is 5.75 Å². The number of hydrogen-bond acceptors (Lipinski definition) is 7. The van der Waals surface area contributed by atoms with Crippen LogP contribution in [0.3, 0.4) is 0 Å². The first-order valence-electron chi connectivity index (χ1n) is 8.95. The Morgan fingerprint density at radius 1 is 1.00 bits per heavy atom. The number of halogens is 1. The van der Waals surface area contributed by atoms with Crippen molar-refractivity contribution in [2.75, 3.05) is 24.7 Å². The first-order chi connectivity index (χ1) is 13.5. The smallest absolute Gasteiger partial charge is 0.232 e. The van der Waals surface area contributed by atoms with Crippen LogP contribution in [-0.2, 0) is 13.1 Å². The second-order valence-corrected chi connectivity index (χ2v) is 6.31. The largest absolute Gasteiger partial charge is 0.494 e. The minimum atomic E-state index is -0.308. The minimum Gasteiger partial charge on any atom is -0.494 e. The normalized spacial score (nSPS) is 10.9. The Hall–Kier alpha value is -3.26. The number of anilines is 3. The predicted octanol–water partition coefficient (Wildman–Crippen LogP) is 3.37. The molecule has 0 aliphatic rings. The van der Waals surface area contributed by atoms with Gasteiger partial charge < -0.3 is 15.8 Å². The molecule has 0 saturated carbocycles. The Kier molecular flexibility index (Phi) is 6.33. The Morgan fingerprint density at radius 2 is 1.71 bits per heavy atom. The average molecular weight is 382 g/mol. The van der Waals surface area contributed by atoms with Gasteiger partial charge in [-0.15, -0.1) is 0 Å². The van der Waals surface area contributed by atoms with Gasteiger partial charge in [0.1, 0.15) is 17.4 Å². The Balaban J connectivity index is 1.64. The molecule has 0 atom stereocenters. The fourth-order valence-electron chi connectivity index (χ4n) is 2.69. The molecule has 0 bridgehead atoms. The van der Waals surface area contributed by atoms with Crippen LogP contribution in [0.1, 0.15) is 18.3 Å². The molecule has 0 saturated heterocycles. The molecule has 146 valence electrons. The predicted molar refractivity (Wildman–Crippen MR) is 107 cm³/mol. The van der Waals surface area contributed by atoms with Gasteiger partial charge >= 0.3 is 0 Å². The molecule has 8 heteroatoms. The van der Waals surface area contributed by atoms with E-state index in [-0.39, 0.29) is 11.8 Å². The van der Waals surface area contributed by atoms with Crippen LogP contribution in [0.25, 0.3) is 0 Å². The second-order valence-electron chi connectivity index (χ2n) is 6.31. The van der Waals surface area contributed by atoms with Gasteiger partial charge in [0.25, 0.3) is 0 Å². The molecule has 3 aromatic rings. The summed E-state index contributed by atoms with van der Waals surface area (Å²) in [5.74, 6) is 1.55. The van der Waals surface area contributed by atoms with Gasteiger partial charge in [-0.25, -0.2) is 4.39 Å². The zero-order valence-electron chi connectivity index (χ0n) is 15.9.